The van der Waals surface area contributed by atoms with Crippen molar-refractivity contribution in [2.24, 2.45) is 0 Å². The Morgan fingerprint density at radius 2 is 2.38 bits per heavy atom. The van der Waals surface area contributed by atoms with Crippen LogP contribution in [0, 0.1) is 0 Å². The van der Waals surface area contributed by atoms with E-state index in [1.807, 2.05) is 19.9 Å². The Morgan fingerprint density at radius 1 is 1.62 bits per heavy atom. The van der Waals surface area contributed by atoms with Gasteiger partial charge in [0, 0.05) is 11.8 Å². The Balaban J connectivity index is 1.83. The molecule has 1 aromatic rings. The Bertz CT molecular complexity index is 527. The van der Waals surface area contributed by atoms with Gasteiger partial charge in [0.05, 0.1) is 17.0 Å². The lowest BCUT2D eigenvalue weighted by atomic mass is 10.1. The molecule has 0 bridgehead atoms. The van der Waals surface area contributed by atoms with Gasteiger partial charge in [0.2, 0.25) is 11.8 Å². The predicted octanol–water partition coefficient (Wildman–Crippen LogP) is 1.25. The van der Waals surface area contributed by atoms with Crippen LogP contribution in [0.3, 0.4) is 0 Å². The molecule has 0 spiro atoms. The monoisotopic (exact) mass is 311 g/mol. The Hall–Kier alpha value is -1.50. The van der Waals surface area contributed by atoms with E-state index in [1.165, 1.54) is 11.8 Å². The second kappa shape index (κ2) is 6.51. The molecule has 1 unspecified atom stereocenters. The van der Waals surface area contributed by atoms with Gasteiger partial charge in [-0.2, -0.15) is 0 Å². The van der Waals surface area contributed by atoms with Crippen LogP contribution in [0.1, 0.15) is 38.6 Å². The maximum absolute atomic E-state index is 12.1. The lowest BCUT2D eigenvalue weighted by Gasteiger charge is -2.32. The van der Waals surface area contributed by atoms with Crippen LogP contribution >= 0.6 is 11.8 Å². The van der Waals surface area contributed by atoms with Crippen LogP contribution in [0.25, 0.3) is 0 Å². The van der Waals surface area contributed by atoms with Crippen molar-refractivity contribution in [1.82, 2.24) is 15.8 Å². The number of thioether (sulfide) groups is 1. The van der Waals surface area contributed by atoms with Gasteiger partial charge in [-0.1, -0.05) is 18.5 Å². The van der Waals surface area contributed by atoms with Crippen LogP contribution in [0.15, 0.2) is 10.6 Å². The molecule has 7 heteroatoms. The molecule has 0 aliphatic carbocycles. The smallest absolute Gasteiger partial charge is 0.243 e. The fourth-order valence-electron chi connectivity index (χ4n) is 1.98. The molecule has 0 saturated carbocycles. The van der Waals surface area contributed by atoms with E-state index in [0.29, 0.717) is 11.5 Å². The Kier molecular flexibility index (Phi) is 4.92. The van der Waals surface area contributed by atoms with E-state index in [4.69, 9.17) is 4.52 Å². The predicted molar refractivity (Wildman–Crippen MR) is 80.8 cm³/mol. The summed E-state index contributed by atoms with van der Waals surface area (Å²) in [7, 11) is 0. The fourth-order valence-corrected chi connectivity index (χ4v) is 2.99. The van der Waals surface area contributed by atoms with Crippen molar-refractivity contribution in [1.29, 1.82) is 0 Å². The number of hydrogen-bond acceptors (Lipinski definition) is 5. The zero-order valence-electron chi connectivity index (χ0n) is 12.6. The first-order chi connectivity index (χ1) is 9.92. The summed E-state index contributed by atoms with van der Waals surface area (Å²) in [5.74, 6) is 0.896. The quantitative estimate of drug-likeness (QED) is 0.855. The number of carbonyl (C=O) groups is 2. The molecular weight excluding hydrogens is 290 g/mol. The Labute approximate surface area is 128 Å². The number of nitrogens with one attached hydrogen (secondary N) is 2. The molecule has 1 aliphatic rings. The minimum absolute atomic E-state index is 0.108. The zero-order valence-corrected chi connectivity index (χ0v) is 13.4. The average molecular weight is 311 g/mol. The van der Waals surface area contributed by atoms with Crippen LogP contribution in [0.4, 0.5) is 0 Å². The van der Waals surface area contributed by atoms with Crippen molar-refractivity contribution in [3.05, 3.63) is 17.5 Å². The van der Waals surface area contributed by atoms with Crippen molar-refractivity contribution in [3.8, 4) is 0 Å². The zero-order chi connectivity index (χ0) is 15.5. The number of rotatable bonds is 5. The average Bonchev–Trinajstić information content (AvgIpc) is 2.87. The van der Waals surface area contributed by atoms with Gasteiger partial charge in [-0.15, -0.1) is 11.8 Å². The van der Waals surface area contributed by atoms with Crippen LogP contribution in [0.2, 0.25) is 0 Å². The summed E-state index contributed by atoms with van der Waals surface area (Å²) in [6.45, 7) is 6.06. The standard InChI is InChI=1S/C14H21N3O3S/c1-4-5-9-6-10(20-17-9)7-15-12(18)11-8-21-14(2,3)13(19)16-11/h6,11H,4-5,7-8H2,1-3H3,(H,15,18)(H,16,19). The molecule has 2 N–H and O–H groups in total. The lowest BCUT2D eigenvalue weighted by Crippen LogP contribution is -2.56. The third-order valence-electron chi connectivity index (χ3n) is 3.33. The highest BCUT2D eigenvalue weighted by Crippen LogP contribution is 2.28. The number of carbonyl (C=O) groups excluding carboxylic acids is 2. The van der Waals surface area contributed by atoms with Gasteiger partial charge >= 0.3 is 0 Å². The van der Waals surface area contributed by atoms with Crippen LogP contribution in [-0.4, -0.2) is 33.5 Å². The van der Waals surface area contributed by atoms with Crippen molar-refractivity contribution < 1.29 is 14.1 Å². The minimum atomic E-state index is -0.492. The largest absolute Gasteiger partial charge is 0.359 e. The number of hydrogen-bond donors (Lipinski definition) is 2. The van der Waals surface area contributed by atoms with Gasteiger partial charge in [-0.05, 0) is 20.3 Å². The van der Waals surface area contributed by atoms with Gasteiger partial charge in [0.1, 0.15) is 6.04 Å². The summed E-state index contributed by atoms with van der Waals surface area (Å²) in [6, 6.07) is 1.36. The molecule has 2 heterocycles. The Morgan fingerprint density at radius 3 is 3.05 bits per heavy atom. The molecule has 2 amide bonds. The first-order valence-electron chi connectivity index (χ1n) is 7.09. The van der Waals surface area contributed by atoms with E-state index >= 15 is 0 Å². The highest BCUT2D eigenvalue weighted by molar-refractivity contribution is 8.01. The summed E-state index contributed by atoms with van der Waals surface area (Å²) in [5.41, 5.74) is 0.894. The third kappa shape index (κ3) is 4.00. The molecule has 21 heavy (non-hydrogen) atoms. The number of aromatic nitrogens is 1. The topological polar surface area (TPSA) is 84.2 Å². The van der Waals surface area contributed by atoms with Crippen molar-refractivity contribution in [2.45, 2.75) is 50.9 Å². The molecule has 0 radical (unpaired) electrons. The minimum Gasteiger partial charge on any atom is -0.359 e. The van der Waals surface area contributed by atoms with E-state index in [1.54, 1.807) is 0 Å². The van der Waals surface area contributed by atoms with E-state index < -0.39 is 10.8 Å². The molecule has 1 aromatic heterocycles. The molecule has 0 aromatic carbocycles. The summed E-state index contributed by atoms with van der Waals surface area (Å²) in [4.78, 5) is 23.9. The first kappa shape index (κ1) is 15.9. The summed E-state index contributed by atoms with van der Waals surface area (Å²) >= 11 is 1.49. The van der Waals surface area contributed by atoms with Crippen LogP contribution in [-0.2, 0) is 22.6 Å². The summed E-state index contributed by atoms with van der Waals surface area (Å²) in [6.07, 6.45) is 1.86. The normalized spacial score (nSPS) is 20.9. The van der Waals surface area contributed by atoms with Gasteiger partial charge in [-0.25, -0.2) is 0 Å². The maximum atomic E-state index is 12.1. The van der Waals surface area contributed by atoms with Gasteiger partial charge < -0.3 is 15.2 Å². The van der Waals surface area contributed by atoms with Crippen molar-refractivity contribution in [3.63, 3.8) is 0 Å². The molecule has 1 saturated heterocycles. The first-order valence-corrected chi connectivity index (χ1v) is 8.08. The van der Waals surface area contributed by atoms with E-state index in [0.717, 1.165) is 18.5 Å². The molecular formula is C14H21N3O3S. The van der Waals surface area contributed by atoms with Crippen molar-refractivity contribution in [2.75, 3.05) is 5.75 Å². The number of aryl methyl sites for hydroxylation is 1. The molecule has 1 fully saturated rings. The van der Waals surface area contributed by atoms with Gasteiger partial charge in [0.15, 0.2) is 5.76 Å². The SMILES string of the molecule is CCCc1cc(CNC(=O)C2CSC(C)(C)C(=O)N2)on1. The molecule has 1 atom stereocenters. The highest BCUT2D eigenvalue weighted by Gasteiger charge is 2.37. The summed E-state index contributed by atoms with van der Waals surface area (Å²) in [5, 5.41) is 9.45. The van der Waals surface area contributed by atoms with Crippen LogP contribution in [0.5, 0.6) is 0 Å². The second-order valence-electron chi connectivity index (χ2n) is 5.60. The van der Waals surface area contributed by atoms with E-state index in [9.17, 15) is 9.59 Å². The number of nitrogens with zero attached hydrogens (tertiary/aromatic N) is 1. The van der Waals surface area contributed by atoms with Gasteiger partial charge in [-0.3, -0.25) is 9.59 Å². The second-order valence-corrected chi connectivity index (χ2v) is 7.24. The van der Waals surface area contributed by atoms with E-state index in [-0.39, 0.29) is 18.4 Å². The van der Waals surface area contributed by atoms with Crippen LogP contribution < -0.4 is 10.6 Å². The van der Waals surface area contributed by atoms with E-state index in [2.05, 4.69) is 22.7 Å². The molecule has 1 aliphatic heterocycles. The highest BCUT2D eigenvalue weighted by atomic mass is 32.2. The third-order valence-corrected chi connectivity index (χ3v) is 4.74. The lowest BCUT2D eigenvalue weighted by molar-refractivity contribution is -0.129. The summed E-state index contributed by atoms with van der Waals surface area (Å²) < 4.78 is 4.68. The van der Waals surface area contributed by atoms with Crippen molar-refractivity contribution >= 4 is 23.6 Å². The molecule has 2 rings (SSSR count). The molecule has 6 nitrogen and oxygen atoms in total. The fraction of sp³-hybridized carbons (Fsp3) is 0.643. The molecule has 116 valence electrons. The van der Waals surface area contributed by atoms with Gasteiger partial charge in [0.25, 0.3) is 0 Å². The maximum Gasteiger partial charge on any atom is 0.243 e. The number of amides is 2.